The minimum Gasteiger partial charge on any atom is -0.444 e. The number of nitrogens with zero attached hydrogens (tertiary/aromatic N) is 3. The van der Waals surface area contributed by atoms with Crippen LogP contribution in [0.15, 0.2) is 4.99 Å². The largest absolute Gasteiger partial charge is 0.444 e. The average molecular weight is 382 g/mol. The van der Waals surface area contributed by atoms with E-state index in [1.807, 2.05) is 27.8 Å². The van der Waals surface area contributed by atoms with Crippen LogP contribution in [0.4, 0.5) is 4.79 Å². The molecule has 2 heterocycles. The summed E-state index contributed by atoms with van der Waals surface area (Å²) in [4.78, 5) is 21.2. The Kier molecular flexibility index (Phi) is 8.20. The van der Waals surface area contributed by atoms with E-state index >= 15 is 0 Å². The van der Waals surface area contributed by atoms with Crippen molar-refractivity contribution in [2.24, 2.45) is 4.99 Å². The Balaban J connectivity index is 1.67. The maximum atomic E-state index is 11.9. The van der Waals surface area contributed by atoms with Crippen molar-refractivity contribution in [1.82, 2.24) is 20.4 Å². The van der Waals surface area contributed by atoms with Gasteiger partial charge in [0.05, 0.1) is 6.04 Å². The number of guanidine groups is 1. The number of likely N-dealkylation sites (tertiary alicyclic amines) is 2. The Morgan fingerprint density at radius 2 is 2.00 bits per heavy atom. The Labute approximate surface area is 164 Å². The van der Waals surface area contributed by atoms with E-state index in [-0.39, 0.29) is 12.1 Å². The topological polar surface area (TPSA) is 69.2 Å². The van der Waals surface area contributed by atoms with Crippen LogP contribution in [0.3, 0.4) is 0 Å². The fourth-order valence-corrected chi connectivity index (χ4v) is 3.85. The third-order valence-electron chi connectivity index (χ3n) is 5.27. The van der Waals surface area contributed by atoms with Crippen molar-refractivity contribution in [3.05, 3.63) is 0 Å². The van der Waals surface area contributed by atoms with Gasteiger partial charge in [-0.15, -0.1) is 0 Å². The van der Waals surface area contributed by atoms with E-state index in [0.29, 0.717) is 0 Å². The normalized spacial score (nSPS) is 24.8. The zero-order chi connectivity index (χ0) is 19.9. The third kappa shape index (κ3) is 7.56. The summed E-state index contributed by atoms with van der Waals surface area (Å²) in [6.07, 6.45) is 5.72. The van der Waals surface area contributed by atoms with Gasteiger partial charge in [0.2, 0.25) is 0 Å². The standard InChI is InChI=1S/C20H39N5O2/c1-16-9-6-7-12-24(16)13-8-11-22-18(21-5)25-14-10-17(15-25)23-19(26)27-20(2,3)4/h16-17H,6-15H2,1-5H3,(H,21,22)(H,23,26). The Morgan fingerprint density at radius 1 is 1.22 bits per heavy atom. The Bertz CT molecular complexity index is 503. The molecule has 0 aromatic rings. The summed E-state index contributed by atoms with van der Waals surface area (Å²) in [5.74, 6) is 0.926. The van der Waals surface area contributed by atoms with Gasteiger partial charge in [-0.1, -0.05) is 6.42 Å². The Morgan fingerprint density at radius 3 is 2.67 bits per heavy atom. The van der Waals surface area contributed by atoms with Crippen LogP contribution in [0, 0.1) is 0 Å². The lowest BCUT2D eigenvalue weighted by Crippen LogP contribution is -2.45. The second-order valence-electron chi connectivity index (χ2n) is 8.79. The Hall–Kier alpha value is -1.50. The predicted molar refractivity (Wildman–Crippen MR) is 110 cm³/mol. The molecular formula is C20H39N5O2. The number of piperidine rings is 1. The second kappa shape index (κ2) is 10.2. The van der Waals surface area contributed by atoms with Gasteiger partial charge in [0.25, 0.3) is 0 Å². The summed E-state index contributed by atoms with van der Waals surface area (Å²) in [5.41, 5.74) is -0.466. The molecule has 0 spiro atoms. The lowest BCUT2D eigenvalue weighted by Gasteiger charge is -2.33. The van der Waals surface area contributed by atoms with Gasteiger partial charge in [0, 0.05) is 39.3 Å². The van der Waals surface area contributed by atoms with Gasteiger partial charge in [-0.25, -0.2) is 4.79 Å². The summed E-state index contributed by atoms with van der Waals surface area (Å²) in [5, 5.41) is 6.45. The monoisotopic (exact) mass is 381 g/mol. The lowest BCUT2D eigenvalue weighted by atomic mass is 10.0. The van der Waals surface area contributed by atoms with Crippen LogP contribution in [-0.4, -0.2) is 79.3 Å². The molecule has 156 valence electrons. The summed E-state index contributed by atoms with van der Waals surface area (Å²) >= 11 is 0. The molecule has 0 bridgehead atoms. The summed E-state index contributed by atoms with van der Waals surface area (Å²) in [7, 11) is 1.82. The van der Waals surface area contributed by atoms with E-state index in [2.05, 4.69) is 32.3 Å². The zero-order valence-corrected chi connectivity index (χ0v) is 17.9. The molecule has 2 unspecified atom stereocenters. The van der Waals surface area contributed by atoms with Gasteiger partial charge in [-0.3, -0.25) is 4.99 Å². The molecule has 2 atom stereocenters. The van der Waals surface area contributed by atoms with Gasteiger partial charge >= 0.3 is 6.09 Å². The average Bonchev–Trinajstić information content (AvgIpc) is 3.02. The van der Waals surface area contributed by atoms with Crippen LogP contribution in [0.1, 0.15) is 59.8 Å². The first-order chi connectivity index (χ1) is 12.8. The van der Waals surface area contributed by atoms with Crippen molar-refractivity contribution >= 4 is 12.1 Å². The molecule has 2 saturated heterocycles. The number of carbonyl (C=O) groups is 1. The molecule has 2 N–H and O–H groups in total. The number of hydrogen-bond donors (Lipinski definition) is 2. The summed E-state index contributed by atoms with van der Waals surface area (Å²) in [6, 6.07) is 0.823. The third-order valence-corrected chi connectivity index (χ3v) is 5.27. The van der Waals surface area contributed by atoms with Gasteiger partial charge in [0.1, 0.15) is 5.60 Å². The van der Waals surface area contributed by atoms with Crippen LogP contribution < -0.4 is 10.6 Å². The maximum absolute atomic E-state index is 11.9. The van der Waals surface area contributed by atoms with Crippen molar-refractivity contribution in [2.75, 3.05) is 39.8 Å². The number of aliphatic imine (C=N–C) groups is 1. The van der Waals surface area contributed by atoms with Crippen molar-refractivity contribution in [3.63, 3.8) is 0 Å². The molecule has 2 aliphatic heterocycles. The lowest BCUT2D eigenvalue weighted by molar-refractivity contribution is 0.0507. The van der Waals surface area contributed by atoms with Crippen LogP contribution in [-0.2, 0) is 4.74 Å². The number of nitrogens with one attached hydrogen (secondary N) is 2. The molecule has 0 saturated carbocycles. The second-order valence-corrected chi connectivity index (χ2v) is 8.79. The number of ether oxygens (including phenoxy) is 1. The molecule has 1 amide bonds. The number of alkyl carbamates (subject to hydrolysis) is 1. The number of carbonyl (C=O) groups excluding carboxylic acids is 1. The number of rotatable bonds is 5. The van der Waals surface area contributed by atoms with Crippen LogP contribution in [0.25, 0.3) is 0 Å². The van der Waals surface area contributed by atoms with Crippen LogP contribution >= 0.6 is 0 Å². The van der Waals surface area contributed by atoms with Crippen molar-refractivity contribution < 1.29 is 9.53 Å². The van der Waals surface area contributed by atoms with E-state index in [0.717, 1.165) is 51.0 Å². The van der Waals surface area contributed by atoms with Crippen molar-refractivity contribution in [1.29, 1.82) is 0 Å². The fraction of sp³-hybridized carbons (Fsp3) is 0.900. The highest BCUT2D eigenvalue weighted by molar-refractivity contribution is 5.80. The molecular weight excluding hydrogens is 342 g/mol. The first kappa shape index (κ1) is 21.8. The minimum absolute atomic E-state index is 0.104. The van der Waals surface area contributed by atoms with Crippen molar-refractivity contribution in [3.8, 4) is 0 Å². The molecule has 7 nitrogen and oxygen atoms in total. The highest BCUT2D eigenvalue weighted by Crippen LogP contribution is 2.16. The van der Waals surface area contributed by atoms with E-state index in [9.17, 15) is 4.79 Å². The van der Waals surface area contributed by atoms with E-state index in [1.165, 1.54) is 25.8 Å². The highest BCUT2D eigenvalue weighted by Gasteiger charge is 2.27. The quantitative estimate of drug-likeness (QED) is 0.435. The first-order valence-corrected chi connectivity index (χ1v) is 10.5. The predicted octanol–water partition coefficient (Wildman–Crippen LogP) is 2.43. The number of amides is 1. The molecule has 27 heavy (non-hydrogen) atoms. The van der Waals surface area contributed by atoms with Gasteiger partial charge < -0.3 is 25.2 Å². The molecule has 0 aromatic carbocycles. The summed E-state index contributed by atoms with van der Waals surface area (Å²) < 4.78 is 5.35. The minimum atomic E-state index is -0.466. The van der Waals surface area contributed by atoms with E-state index in [4.69, 9.17) is 4.74 Å². The molecule has 7 heteroatoms. The highest BCUT2D eigenvalue weighted by atomic mass is 16.6. The van der Waals surface area contributed by atoms with Crippen LogP contribution in [0.2, 0.25) is 0 Å². The maximum Gasteiger partial charge on any atom is 0.407 e. The van der Waals surface area contributed by atoms with Crippen molar-refractivity contribution in [2.45, 2.75) is 77.5 Å². The number of hydrogen-bond acceptors (Lipinski definition) is 4. The van der Waals surface area contributed by atoms with Gasteiger partial charge in [-0.2, -0.15) is 0 Å². The van der Waals surface area contributed by atoms with E-state index < -0.39 is 5.60 Å². The molecule has 2 fully saturated rings. The summed E-state index contributed by atoms with van der Waals surface area (Å²) in [6.45, 7) is 12.9. The van der Waals surface area contributed by atoms with Gasteiger partial charge in [0.15, 0.2) is 5.96 Å². The van der Waals surface area contributed by atoms with Gasteiger partial charge in [-0.05, 0) is 59.9 Å². The zero-order valence-electron chi connectivity index (χ0n) is 17.9. The van der Waals surface area contributed by atoms with E-state index in [1.54, 1.807) is 0 Å². The SMILES string of the molecule is CN=C(NCCCN1CCCCC1C)N1CCC(NC(=O)OC(C)(C)C)C1. The molecule has 0 aromatic heterocycles. The van der Waals surface area contributed by atoms with Crippen LogP contribution in [0.5, 0.6) is 0 Å². The molecule has 2 aliphatic rings. The molecule has 2 rings (SSSR count). The first-order valence-electron chi connectivity index (χ1n) is 10.5. The fourth-order valence-electron chi connectivity index (χ4n) is 3.85. The molecule has 0 radical (unpaired) electrons. The molecule has 0 aliphatic carbocycles. The smallest absolute Gasteiger partial charge is 0.407 e.